The molecular formula is C12H16O4. The quantitative estimate of drug-likeness (QED) is 0.572. The summed E-state index contributed by atoms with van der Waals surface area (Å²) in [5.74, 6) is 0.0808. The summed E-state index contributed by atoms with van der Waals surface area (Å²) in [5, 5.41) is 0. The van der Waals surface area contributed by atoms with E-state index < -0.39 is 0 Å². The molecule has 1 aromatic rings. The first-order chi connectivity index (χ1) is 7.58. The van der Waals surface area contributed by atoms with Crippen molar-refractivity contribution < 1.29 is 19.1 Å². The molecule has 0 saturated heterocycles. The third kappa shape index (κ3) is 5.80. The lowest BCUT2D eigenvalue weighted by Crippen LogP contribution is -2.03. The molecule has 0 spiro atoms. The van der Waals surface area contributed by atoms with Gasteiger partial charge in [-0.05, 0) is 24.3 Å². The topological polar surface area (TPSA) is 52.6 Å². The van der Waals surface area contributed by atoms with E-state index in [-0.39, 0.29) is 11.9 Å². The second-order valence-corrected chi connectivity index (χ2v) is 2.66. The third-order valence-corrected chi connectivity index (χ3v) is 1.35. The van der Waals surface area contributed by atoms with Crippen LogP contribution in [0.1, 0.15) is 27.7 Å². The van der Waals surface area contributed by atoms with Crippen LogP contribution in [0.5, 0.6) is 11.5 Å². The average Bonchev–Trinajstić information content (AvgIpc) is 2.22. The number of ether oxygens (including phenoxy) is 2. The molecule has 0 aliphatic carbocycles. The Labute approximate surface area is 95.2 Å². The second kappa shape index (κ2) is 7.45. The van der Waals surface area contributed by atoms with Gasteiger partial charge in [0.1, 0.15) is 11.5 Å². The van der Waals surface area contributed by atoms with E-state index in [1.807, 2.05) is 13.8 Å². The minimum absolute atomic E-state index is 0.384. The lowest BCUT2D eigenvalue weighted by molar-refractivity contribution is -0.133. The highest BCUT2D eigenvalue weighted by Crippen LogP contribution is 2.17. The van der Waals surface area contributed by atoms with Crippen molar-refractivity contribution in [1.82, 2.24) is 0 Å². The SMILES string of the molecule is CC.CC(=O)Oc1ccc(OC(C)=O)cc1. The van der Waals surface area contributed by atoms with Crippen molar-refractivity contribution in [3.8, 4) is 11.5 Å². The fourth-order valence-electron chi connectivity index (χ4n) is 0.908. The minimum Gasteiger partial charge on any atom is -0.427 e. The molecule has 0 atom stereocenters. The van der Waals surface area contributed by atoms with E-state index in [1.54, 1.807) is 24.3 Å². The van der Waals surface area contributed by atoms with E-state index in [1.165, 1.54) is 13.8 Å². The fourth-order valence-corrected chi connectivity index (χ4v) is 0.908. The molecule has 1 rings (SSSR count). The van der Waals surface area contributed by atoms with Crippen LogP contribution in [0.4, 0.5) is 0 Å². The van der Waals surface area contributed by atoms with Crippen LogP contribution in [0.2, 0.25) is 0 Å². The van der Waals surface area contributed by atoms with E-state index in [4.69, 9.17) is 9.47 Å². The Kier molecular flexibility index (Phi) is 6.59. The summed E-state index contributed by atoms with van der Waals surface area (Å²) in [5.41, 5.74) is 0. The van der Waals surface area contributed by atoms with Crippen molar-refractivity contribution in [3.05, 3.63) is 24.3 Å². The van der Waals surface area contributed by atoms with Crippen molar-refractivity contribution in [2.45, 2.75) is 27.7 Å². The molecule has 1 aromatic carbocycles. The van der Waals surface area contributed by atoms with Gasteiger partial charge in [0.2, 0.25) is 0 Å². The van der Waals surface area contributed by atoms with Gasteiger partial charge < -0.3 is 9.47 Å². The molecule has 0 aliphatic rings. The van der Waals surface area contributed by atoms with E-state index in [2.05, 4.69) is 0 Å². The lowest BCUT2D eigenvalue weighted by atomic mass is 10.3. The number of hydrogen-bond acceptors (Lipinski definition) is 4. The van der Waals surface area contributed by atoms with Gasteiger partial charge in [0.05, 0.1) is 0 Å². The Hall–Kier alpha value is -1.84. The summed E-state index contributed by atoms with van der Waals surface area (Å²) in [6, 6.07) is 6.22. The summed E-state index contributed by atoms with van der Waals surface area (Å²) < 4.78 is 9.59. The van der Waals surface area contributed by atoms with Gasteiger partial charge in [0, 0.05) is 13.8 Å². The standard InChI is InChI=1S/C10H10O4.C2H6/c1-7(11)13-9-3-5-10(6-4-9)14-8(2)12;1-2/h3-6H,1-2H3;1-2H3. The number of rotatable bonds is 2. The maximum absolute atomic E-state index is 10.6. The molecule has 0 aliphatic heterocycles. The maximum Gasteiger partial charge on any atom is 0.308 e. The third-order valence-electron chi connectivity index (χ3n) is 1.35. The van der Waals surface area contributed by atoms with Gasteiger partial charge in [0.25, 0.3) is 0 Å². The number of hydrogen-bond donors (Lipinski definition) is 0. The smallest absolute Gasteiger partial charge is 0.308 e. The highest BCUT2D eigenvalue weighted by atomic mass is 16.5. The van der Waals surface area contributed by atoms with Crippen molar-refractivity contribution in [1.29, 1.82) is 0 Å². The monoisotopic (exact) mass is 224 g/mol. The molecule has 0 heterocycles. The highest BCUT2D eigenvalue weighted by Gasteiger charge is 2.00. The second-order valence-electron chi connectivity index (χ2n) is 2.66. The van der Waals surface area contributed by atoms with E-state index in [0.717, 1.165) is 0 Å². The predicted octanol–water partition coefficient (Wildman–Crippen LogP) is 2.56. The van der Waals surface area contributed by atoms with Gasteiger partial charge in [-0.3, -0.25) is 9.59 Å². The molecule has 0 aromatic heterocycles. The first kappa shape index (κ1) is 14.2. The number of esters is 2. The normalized spacial score (nSPS) is 8.50. The minimum atomic E-state index is -0.384. The van der Waals surface area contributed by atoms with Crippen molar-refractivity contribution >= 4 is 11.9 Å². The lowest BCUT2D eigenvalue weighted by Gasteiger charge is -2.03. The molecule has 0 N–H and O–H groups in total. The Morgan fingerprint density at radius 3 is 1.25 bits per heavy atom. The molecular weight excluding hydrogens is 208 g/mol. The Balaban J connectivity index is 0.00000106. The number of carbonyl (C=O) groups is 2. The van der Waals surface area contributed by atoms with Crippen molar-refractivity contribution in [3.63, 3.8) is 0 Å². The molecule has 0 bridgehead atoms. The van der Waals surface area contributed by atoms with Gasteiger partial charge in [-0.1, -0.05) is 13.8 Å². The molecule has 0 unspecified atom stereocenters. The zero-order valence-electron chi connectivity index (χ0n) is 9.94. The first-order valence-electron chi connectivity index (χ1n) is 5.05. The van der Waals surface area contributed by atoms with Gasteiger partial charge >= 0.3 is 11.9 Å². The van der Waals surface area contributed by atoms with Gasteiger partial charge in [-0.25, -0.2) is 0 Å². The van der Waals surface area contributed by atoms with E-state index in [9.17, 15) is 9.59 Å². The van der Waals surface area contributed by atoms with Gasteiger partial charge in [0.15, 0.2) is 0 Å². The number of benzene rings is 1. The molecule has 0 fully saturated rings. The van der Waals surface area contributed by atoms with Crippen LogP contribution in [0.25, 0.3) is 0 Å². The first-order valence-corrected chi connectivity index (χ1v) is 5.05. The molecule has 0 saturated carbocycles. The van der Waals surface area contributed by atoms with Crippen LogP contribution in [0.15, 0.2) is 24.3 Å². The summed E-state index contributed by atoms with van der Waals surface area (Å²) in [6.07, 6.45) is 0. The Bertz CT molecular complexity index is 306. The Morgan fingerprint density at radius 1 is 0.812 bits per heavy atom. The summed E-state index contributed by atoms with van der Waals surface area (Å²) in [7, 11) is 0. The van der Waals surface area contributed by atoms with Crippen LogP contribution in [-0.4, -0.2) is 11.9 Å². The zero-order valence-corrected chi connectivity index (χ0v) is 9.94. The largest absolute Gasteiger partial charge is 0.427 e. The molecule has 0 amide bonds. The number of carbonyl (C=O) groups excluding carboxylic acids is 2. The van der Waals surface area contributed by atoms with Crippen LogP contribution in [-0.2, 0) is 9.59 Å². The fraction of sp³-hybridized carbons (Fsp3) is 0.333. The van der Waals surface area contributed by atoms with Crippen LogP contribution in [0.3, 0.4) is 0 Å². The van der Waals surface area contributed by atoms with Crippen molar-refractivity contribution in [2.75, 3.05) is 0 Å². The molecule has 4 nitrogen and oxygen atoms in total. The summed E-state index contributed by atoms with van der Waals surface area (Å²) >= 11 is 0. The zero-order chi connectivity index (χ0) is 12.6. The summed E-state index contributed by atoms with van der Waals surface area (Å²) in [4.78, 5) is 21.1. The predicted molar refractivity (Wildman–Crippen MR) is 60.4 cm³/mol. The molecule has 16 heavy (non-hydrogen) atoms. The van der Waals surface area contributed by atoms with Crippen molar-refractivity contribution in [2.24, 2.45) is 0 Å². The molecule has 0 radical (unpaired) electrons. The van der Waals surface area contributed by atoms with Gasteiger partial charge in [-0.15, -0.1) is 0 Å². The Morgan fingerprint density at radius 2 is 1.06 bits per heavy atom. The maximum atomic E-state index is 10.6. The average molecular weight is 224 g/mol. The van der Waals surface area contributed by atoms with E-state index >= 15 is 0 Å². The van der Waals surface area contributed by atoms with E-state index in [0.29, 0.717) is 11.5 Å². The van der Waals surface area contributed by atoms with Crippen LogP contribution < -0.4 is 9.47 Å². The highest BCUT2D eigenvalue weighted by molar-refractivity contribution is 5.70. The molecule has 88 valence electrons. The van der Waals surface area contributed by atoms with Gasteiger partial charge in [-0.2, -0.15) is 0 Å². The van der Waals surface area contributed by atoms with Crippen LogP contribution in [0, 0.1) is 0 Å². The van der Waals surface area contributed by atoms with Crippen LogP contribution >= 0.6 is 0 Å². The summed E-state index contributed by atoms with van der Waals surface area (Å²) in [6.45, 7) is 6.64. The molecule has 4 heteroatoms.